The largest absolute Gasteiger partial charge is 0.496 e. The van der Waals surface area contributed by atoms with Crippen LogP contribution in [0.5, 0.6) is 5.75 Å². The number of nitrogens with one attached hydrogen (secondary N) is 1. The molecule has 4 heteroatoms. The van der Waals surface area contributed by atoms with Crippen LogP contribution in [0.25, 0.3) is 10.9 Å². The summed E-state index contributed by atoms with van der Waals surface area (Å²) in [5.41, 5.74) is 1.71. The van der Waals surface area contributed by atoms with E-state index < -0.39 is 5.82 Å². The molecule has 0 bridgehead atoms. The van der Waals surface area contributed by atoms with E-state index in [2.05, 4.69) is 4.98 Å². The van der Waals surface area contributed by atoms with Crippen molar-refractivity contribution >= 4 is 16.7 Å². The summed E-state index contributed by atoms with van der Waals surface area (Å²) in [5, 5.41) is 0.672. The molecule has 0 fully saturated rings. The summed E-state index contributed by atoms with van der Waals surface area (Å²) in [5.74, 6) is -0.246. The van der Waals surface area contributed by atoms with E-state index >= 15 is 0 Å². The van der Waals surface area contributed by atoms with Crippen molar-refractivity contribution in [3.63, 3.8) is 0 Å². The number of ketones is 1. The lowest BCUT2D eigenvalue weighted by molar-refractivity contribution is 0.103. The van der Waals surface area contributed by atoms with Crippen LogP contribution in [-0.2, 0) is 0 Å². The van der Waals surface area contributed by atoms with Gasteiger partial charge in [0, 0.05) is 11.7 Å². The van der Waals surface area contributed by atoms with Gasteiger partial charge in [-0.05, 0) is 30.7 Å². The number of carbonyl (C=O) groups is 1. The maximum Gasteiger partial charge on any atom is 0.198 e. The number of ether oxygens (including phenoxy) is 1. The molecule has 0 saturated heterocycles. The van der Waals surface area contributed by atoms with Gasteiger partial charge in [0.15, 0.2) is 5.78 Å². The van der Waals surface area contributed by atoms with Gasteiger partial charge in [0.1, 0.15) is 11.6 Å². The number of aromatic amines is 1. The van der Waals surface area contributed by atoms with Gasteiger partial charge in [-0.3, -0.25) is 4.79 Å². The fourth-order valence-corrected chi connectivity index (χ4v) is 2.47. The average molecular weight is 283 g/mol. The maximum absolute atomic E-state index is 14.2. The SMILES string of the molecule is COc1cccc2[nH]cc(C(=O)c3cccc(C)c3F)c12. The molecule has 0 radical (unpaired) electrons. The molecule has 0 spiro atoms. The Morgan fingerprint density at radius 3 is 2.67 bits per heavy atom. The van der Waals surface area contributed by atoms with Gasteiger partial charge in [-0.1, -0.05) is 18.2 Å². The molecule has 106 valence electrons. The van der Waals surface area contributed by atoms with E-state index in [1.54, 1.807) is 38.4 Å². The summed E-state index contributed by atoms with van der Waals surface area (Å²) in [6.45, 7) is 1.64. The van der Waals surface area contributed by atoms with Crippen LogP contribution in [0, 0.1) is 12.7 Å². The highest BCUT2D eigenvalue weighted by molar-refractivity contribution is 6.17. The lowest BCUT2D eigenvalue weighted by Crippen LogP contribution is -2.05. The monoisotopic (exact) mass is 283 g/mol. The second-order valence-electron chi connectivity index (χ2n) is 4.85. The molecule has 0 atom stereocenters. The molecule has 0 saturated carbocycles. The van der Waals surface area contributed by atoms with E-state index in [9.17, 15) is 9.18 Å². The smallest absolute Gasteiger partial charge is 0.198 e. The van der Waals surface area contributed by atoms with Crippen molar-refractivity contribution < 1.29 is 13.9 Å². The predicted octanol–water partition coefficient (Wildman–Crippen LogP) is 3.86. The molecule has 3 nitrogen and oxygen atoms in total. The van der Waals surface area contributed by atoms with Crippen molar-refractivity contribution in [2.75, 3.05) is 7.11 Å². The Morgan fingerprint density at radius 1 is 1.14 bits per heavy atom. The van der Waals surface area contributed by atoms with Gasteiger partial charge in [0.25, 0.3) is 0 Å². The number of hydrogen-bond donors (Lipinski definition) is 1. The molecular weight excluding hydrogens is 269 g/mol. The Kier molecular flexibility index (Phi) is 3.22. The highest BCUT2D eigenvalue weighted by Gasteiger charge is 2.20. The zero-order valence-corrected chi connectivity index (χ0v) is 11.7. The van der Waals surface area contributed by atoms with E-state index in [0.29, 0.717) is 22.3 Å². The number of benzene rings is 2. The molecule has 2 aromatic carbocycles. The lowest BCUT2D eigenvalue weighted by atomic mass is 10.00. The summed E-state index contributed by atoms with van der Waals surface area (Å²) in [7, 11) is 1.54. The molecule has 1 N–H and O–H groups in total. The normalized spacial score (nSPS) is 10.8. The molecule has 21 heavy (non-hydrogen) atoms. The summed E-state index contributed by atoms with van der Waals surface area (Å²) in [4.78, 5) is 15.7. The van der Waals surface area contributed by atoms with Crippen molar-refractivity contribution in [3.8, 4) is 5.75 Å². The van der Waals surface area contributed by atoms with Crippen LogP contribution < -0.4 is 4.74 Å². The van der Waals surface area contributed by atoms with Crippen molar-refractivity contribution in [3.05, 3.63) is 65.1 Å². The van der Waals surface area contributed by atoms with Crippen molar-refractivity contribution in [2.24, 2.45) is 0 Å². The van der Waals surface area contributed by atoms with Gasteiger partial charge in [-0.2, -0.15) is 0 Å². The highest BCUT2D eigenvalue weighted by atomic mass is 19.1. The maximum atomic E-state index is 14.2. The minimum atomic E-state index is -0.480. The number of halogens is 1. The van der Waals surface area contributed by atoms with Gasteiger partial charge in [-0.15, -0.1) is 0 Å². The van der Waals surface area contributed by atoms with Gasteiger partial charge < -0.3 is 9.72 Å². The van der Waals surface area contributed by atoms with E-state index in [4.69, 9.17) is 4.74 Å². The van der Waals surface area contributed by atoms with Gasteiger partial charge in [0.2, 0.25) is 0 Å². The fourth-order valence-electron chi connectivity index (χ4n) is 2.47. The quantitative estimate of drug-likeness (QED) is 0.742. The first-order valence-electron chi connectivity index (χ1n) is 6.57. The number of aromatic nitrogens is 1. The molecule has 1 aromatic heterocycles. The number of H-pyrrole nitrogens is 1. The third-order valence-corrected chi connectivity index (χ3v) is 3.57. The van der Waals surface area contributed by atoms with Gasteiger partial charge in [0.05, 0.1) is 23.6 Å². The zero-order valence-electron chi connectivity index (χ0n) is 11.7. The fraction of sp³-hybridized carbons (Fsp3) is 0.118. The van der Waals surface area contributed by atoms with Crippen LogP contribution in [0.4, 0.5) is 4.39 Å². The standard InChI is InChI=1S/C17H14FNO2/c1-10-5-3-6-11(16(10)18)17(20)12-9-19-13-7-4-8-14(21-2)15(12)13/h3-9,19H,1-2H3. The first-order valence-corrected chi connectivity index (χ1v) is 6.57. The van der Waals surface area contributed by atoms with Gasteiger partial charge in [-0.25, -0.2) is 4.39 Å². The Hall–Kier alpha value is -2.62. The topological polar surface area (TPSA) is 42.1 Å². The second-order valence-corrected chi connectivity index (χ2v) is 4.85. The van der Waals surface area contributed by atoms with Crippen LogP contribution in [0.2, 0.25) is 0 Å². The third-order valence-electron chi connectivity index (χ3n) is 3.57. The van der Waals surface area contributed by atoms with Crippen LogP contribution in [-0.4, -0.2) is 17.9 Å². The summed E-state index contributed by atoms with van der Waals surface area (Å²) >= 11 is 0. The Labute approximate surface area is 121 Å². The first-order chi connectivity index (χ1) is 10.1. The predicted molar refractivity (Wildman–Crippen MR) is 79.4 cm³/mol. The Balaban J connectivity index is 2.21. The van der Waals surface area contributed by atoms with Crippen LogP contribution in [0.1, 0.15) is 21.5 Å². The number of fused-ring (bicyclic) bond motifs is 1. The Bertz CT molecular complexity index is 836. The summed E-state index contributed by atoms with van der Waals surface area (Å²) < 4.78 is 19.5. The molecule has 0 aliphatic heterocycles. The third kappa shape index (κ3) is 2.09. The van der Waals surface area contributed by atoms with E-state index in [-0.39, 0.29) is 11.3 Å². The minimum Gasteiger partial charge on any atom is -0.496 e. The molecule has 0 aliphatic carbocycles. The molecule has 0 aliphatic rings. The lowest BCUT2D eigenvalue weighted by Gasteiger charge is -2.06. The molecule has 3 rings (SSSR count). The number of rotatable bonds is 3. The van der Waals surface area contributed by atoms with Crippen LogP contribution >= 0.6 is 0 Å². The second kappa shape index (κ2) is 5.05. The zero-order chi connectivity index (χ0) is 15.0. The molecule has 3 aromatic rings. The van der Waals surface area contributed by atoms with Crippen molar-refractivity contribution in [1.82, 2.24) is 4.98 Å². The number of methoxy groups -OCH3 is 1. The molecule has 1 heterocycles. The van der Waals surface area contributed by atoms with Crippen molar-refractivity contribution in [2.45, 2.75) is 6.92 Å². The molecule has 0 unspecified atom stereocenters. The number of aryl methyl sites for hydroxylation is 1. The van der Waals surface area contributed by atoms with Crippen molar-refractivity contribution in [1.29, 1.82) is 0 Å². The number of hydrogen-bond acceptors (Lipinski definition) is 2. The highest BCUT2D eigenvalue weighted by Crippen LogP contribution is 2.30. The first kappa shape index (κ1) is 13.4. The van der Waals surface area contributed by atoms with Crippen LogP contribution in [0.3, 0.4) is 0 Å². The molecule has 0 amide bonds. The number of carbonyl (C=O) groups excluding carboxylic acids is 1. The van der Waals surface area contributed by atoms with E-state index in [1.165, 1.54) is 6.07 Å². The van der Waals surface area contributed by atoms with E-state index in [1.807, 2.05) is 12.1 Å². The summed E-state index contributed by atoms with van der Waals surface area (Å²) in [6, 6.07) is 10.3. The minimum absolute atomic E-state index is 0.0711. The van der Waals surface area contributed by atoms with Gasteiger partial charge >= 0.3 is 0 Å². The van der Waals surface area contributed by atoms with E-state index in [0.717, 1.165) is 5.52 Å². The van der Waals surface area contributed by atoms with Crippen LogP contribution in [0.15, 0.2) is 42.6 Å². The average Bonchev–Trinajstić information content (AvgIpc) is 2.93. The Morgan fingerprint density at radius 2 is 1.90 bits per heavy atom. The summed E-state index contributed by atoms with van der Waals surface area (Å²) in [6.07, 6.45) is 1.59. The molecular formula is C17H14FNO2.